The molecule has 1 aromatic carbocycles. The smallest absolute Gasteiger partial charge is 0.410 e. The molecule has 1 fully saturated rings. The summed E-state index contributed by atoms with van der Waals surface area (Å²) < 4.78 is 10.7. The van der Waals surface area contributed by atoms with Crippen LogP contribution >= 0.6 is 0 Å². The van der Waals surface area contributed by atoms with Crippen LogP contribution in [-0.4, -0.2) is 40.1 Å². The summed E-state index contributed by atoms with van der Waals surface area (Å²) in [5.41, 5.74) is 0.863. The van der Waals surface area contributed by atoms with Crippen LogP contribution in [0.15, 0.2) is 41.3 Å². The summed E-state index contributed by atoms with van der Waals surface area (Å²) >= 11 is 0. The standard InChI is InChI=1S/C19H23N3O4/c1-19(2,3)26-18(24)22-9-5-8-15(22)17(23)21-14-7-4-6-13(10-14)16-11-20-12-25-16/h4,6-7,10-12,15H,5,8-9H2,1-3H3,(H,21,23). The second-order valence-corrected chi connectivity index (χ2v) is 7.27. The summed E-state index contributed by atoms with van der Waals surface area (Å²) in [6, 6.07) is 6.78. The molecule has 1 aliphatic rings. The third-order valence-electron chi connectivity index (χ3n) is 4.03. The number of likely N-dealkylation sites (tertiary alicyclic amines) is 1. The number of benzene rings is 1. The van der Waals surface area contributed by atoms with Crippen LogP contribution < -0.4 is 5.32 Å². The number of carbonyl (C=O) groups excluding carboxylic acids is 2. The van der Waals surface area contributed by atoms with Crippen molar-refractivity contribution >= 4 is 17.7 Å². The zero-order valence-corrected chi connectivity index (χ0v) is 15.2. The molecule has 26 heavy (non-hydrogen) atoms. The van der Waals surface area contributed by atoms with Gasteiger partial charge in [-0.05, 0) is 45.7 Å². The van der Waals surface area contributed by atoms with Crippen LogP contribution in [-0.2, 0) is 9.53 Å². The third-order valence-corrected chi connectivity index (χ3v) is 4.03. The van der Waals surface area contributed by atoms with E-state index in [9.17, 15) is 9.59 Å². The van der Waals surface area contributed by atoms with Crippen LogP contribution in [0, 0.1) is 0 Å². The number of carbonyl (C=O) groups is 2. The largest absolute Gasteiger partial charge is 0.444 e. The van der Waals surface area contributed by atoms with Gasteiger partial charge in [0.1, 0.15) is 11.6 Å². The lowest BCUT2D eigenvalue weighted by atomic mass is 10.1. The lowest BCUT2D eigenvalue weighted by Crippen LogP contribution is -2.45. The summed E-state index contributed by atoms with van der Waals surface area (Å²) in [6.45, 7) is 5.95. The first kappa shape index (κ1) is 18.0. The van der Waals surface area contributed by atoms with E-state index >= 15 is 0 Å². The molecule has 0 saturated carbocycles. The molecule has 7 nitrogen and oxygen atoms in total. The van der Waals surface area contributed by atoms with Gasteiger partial charge in [-0.2, -0.15) is 0 Å². The lowest BCUT2D eigenvalue weighted by molar-refractivity contribution is -0.120. The molecule has 3 rings (SSSR count). The summed E-state index contributed by atoms with van der Waals surface area (Å²) in [4.78, 5) is 30.4. The fraction of sp³-hybridized carbons (Fsp3) is 0.421. The number of oxazole rings is 1. The van der Waals surface area contributed by atoms with Gasteiger partial charge in [-0.3, -0.25) is 9.69 Å². The molecule has 2 heterocycles. The van der Waals surface area contributed by atoms with Crippen molar-refractivity contribution in [1.29, 1.82) is 0 Å². The summed E-state index contributed by atoms with van der Waals surface area (Å²) in [5, 5.41) is 2.88. The van der Waals surface area contributed by atoms with Crippen molar-refractivity contribution in [1.82, 2.24) is 9.88 Å². The summed E-state index contributed by atoms with van der Waals surface area (Å²) in [7, 11) is 0. The molecular weight excluding hydrogens is 334 g/mol. The highest BCUT2D eigenvalue weighted by atomic mass is 16.6. The lowest BCUT2D eigenvalue weighted by Gasteiger charge is -2.28. The van der Waals surface area contributed by atoms with E-state index in [2.05, 4.69) is 10.3 Å². The first-order valence-corrected chi connectivity index (χ1v) is 8.63. The Labute approximate surface area is 152 Å². The summed E-state index contributed by atoms with van der Waals surface area (Å²) in [5.74, 6) is 0.403. The molecule has 0 bridgehead atoms. The Bertz CT molecular complexity index is 780. The van der Waals surface area contributed by atoms with Crippen molar-refractivity contribution in [2.45, 2.75) is 45.3 Å². The van der Waals surface area contributed by atoms with Gasteiger partial charge in [0, 0.05) is 17.8 Å². The molecule has 1 N–H and O–H groups in total. The number of hydrogen-bond donors (Lipinski definition) is 1. The maximum absolute atomic E-state index is 12.7. The molecule has 1 unspecified atom stereocenters. The fourth-order valence-electron chi connectivity index (χ4n) is 2.91. The van der Waals surface area contributed by atoms with Crippen molar-refractivity contribution in [3.05, 3.63) is 36.9 Å². The molecule has 1 saturated heterocycles. The van der Waals surface area contributed by atoms with Gasteiger partial charge >= 0.3 is 6.09 Å². The monoisotopic (exact) mass is 357 g/mol. The van der Waals surface area contributed by atoms with Crippen LogP contribution in [0.1, 0.15) is 33.6 Å². The van der Waals surface area contributed by atoms with Gasteiger partial charge in [-0.15, -0.1) is 0 Å². The number of nitrogens with one attached hydrogen (secondary N) is 1. The van der Waals surface area contributed by atoms with Gasteiger partial charge in [0.2, 0.25) is 5.91 Å². The Morgan fingerprint density at radius 3 is 2.85 bits per heavy atom. The number of ether oxygens (including phenoxy) is 1. The van der Waals surface area contributed by atoms with Gasteiger partial charge in [0.15, 0.2) is 12.2 Å². The molecule has 2 aromatic rings. The second kappa shape index (κ2) is 7.19. The van der Waals surface area contributed by atoms with Gasteiger partial charge in [0.05, 0.1) is 6.20 Å². The highest BCUT2D eigenvalue weighted by Gasteiger charge is 2.36. The second-order valence-electron chi connectivity index (χ2n) is 7.27. The Morgan fingerprint density at radius 1 is 1.35 bits per heavy atom. The third kappa shape index (κ3) is 4.22. The molecule has 0 radical (unpaired) electrons. The molecule has 0 spiro atoms. The molecule has 138 valence electrons. The number of rotatable bonds is 3. The zero-order valence-electron chi connectivity index (χ0n) is 15.2. The number of amides is 2. The highest BCUT2D eigenvalue weighted by molar-refractivity contribution is 5.97. The Hall–Kier alpha value is -2.83. The Kier molecular flexibility index (Phi) is 4.97. The molecule has 2 amide bonds. The van der Waals surface area contributed by atoms with E-state index in [0.717, 1.165) is 12.0 Å². The Balaban J connectivity index is 1.69. The van der Waals surface area contributed by atoms with Crippen LogP contribution in [0.3, 0.4) is 0 Å². The number of hydrogen-bond acceptors (Lipinski definition) is 5. The van der Waals surface area contributed by atoms with E-state index in [4.69, 9.17) is 9.15 Å². The average molecular weight is 357 g/mol. The van der Waals surface area contributed by atoms with Gasteiger partial charge in [-0.25, -0.2) is 9.78 Å². The number of nitrogens with zero attached hydrogens (tertiary/aromatic N) is 2. The van der Waals surface area contributed by atoms with E-state index in [0.29, 0.717) is 24.4 Å². The predicted molar refractivity (Wildman–Crippen MR) is 96.5 cm³/mol. The van der Waals surface area contributed by atoms with Gasteiger partial charge in [-0.1, -0.05) is 12.1 Å². The minimum absolute atomic E-state index is 0.219. The predicted octanol–water partition coefficient (Wildman–Crippen LogP) is 3.68. The first-order chi connectivity index (χ1) is 12.3. The zero-order chi connectivity index (χ0) is 18.7. The van der Waals surface area contributed by atoms with Crippen molar-refractivity contribution in [3.8, 4) is 11.3 Å². The number of aromatic nitrogens is 1. The van der Waals surface area contributed by atoms with Crippen molar-refractivity contribution < 1.29 is 18.7 Å². The SMILES string of the molecule is CC(C)(C)OC(=O)N1CCCC1C(=O)Nc1cccc(-c2cnco2)c1. The maximum Gasteiger partial charge on any atom is 0.410 e. The fourth-order valence-corrected chi connectivity index (χ4v) is 2.91. The van der Waals surface area contributed by atoms with Gasteiger partial charge < -0.3 is 14.5 Å². The van der Waals surface area contributed by atoms with Gasteiger partial charge in [0.25, 0.3) is 0 Å². The van der Waals surface area contributed by atoms with Crippen LogP contribution in [0.25, 0.3) is 11.3 Å². The molecule has 0 aliphatic carbocycles. The Morgan fingerprint density at radius 2 is 2.15 bits per heavy atom. The van der Waals surface area contributed by atoms with E-state index < -0.39 is 17.7 Å². The topological polar surface area (TPSA) is 84.7 Å². The van der Waals surface area contributed by atoms with Crippen molar-refractivity contribution in [2.75, 3.05) is 11.9 Å². The van der Waals surface area contributed by atoms with Crippen LogP contribution in [0.2, 0.25) is 0 Å². The average Bonchev–Trinajstić information content (AvgIpc) is 3.25. The summed E-state index contributed by atoms with van der Waals surface area (Å²) in [6.07, 6.45) is 3.91. The van der Waals surface area contributed by atoms with Crippen LogP contribution in [0.4, 0.5) is 10.5 Å². The van der Waals surface area contributed by atoms with E-state index in [1.54, 1.807) is 12.3 Å². The van der Waals surface area contributed by atoms with Crippen molar-refractivity contribution in [2.24, 2.45) is 0 Å². The minimum Gasteiger partial charge on any atom is -0.444 e. The first-order valence-electron chi connectivity index (χ1n) is 8.63. The van der Waals surface area contributed by atoms with Crippen LogP contribution in [0.5, 0.6) is 0 Å². The van der Waals surface area contributed by atoms with E-state index in [-0.39, 0.29) is 5.91 Å². The molecule has 7 heteroatoms. The maximum atomic E-state index is 12.7. The normalized spacial score (nSPS) is 17.2. The quantitative estimate of drug-likeness (QED) is 0.906. The molecule has 1 atom stereocenters. The van der Waals surface area contributed by atoms with E-state index in [1.807, 2.05) is 39.0 Å². The molecule has 1 aromatic heterocycles. The van der Waals surface area contributed by atoms with Crippen molar-refractivity contribution in [3.63, 3.8) is 0 Å². The molecular formula is C19H23N3O4. The minimum atomic E-state index is -0.591. The number of anilines is 1. The highest BCUT2D eigenvalue weighted by Crippen LogP contribution is 2.25. The van der Waals surface area contributed by atoms with E-state index in [1.165, 1.54) is 11.3 Å². The molecule has 1 aliphatic heterocycles.